The third-order valence-electron chi connectivity index (χ3n) is 4.21. The molecule has 1 N–H and O–H groups in total. The Morgan fingerprint density at radius 1 is 1.12 bits per heavy atom. The van der Waals surface area contributed by atoms with Crippen molar-refractivity contribution in [1.29, 1.82) is 0 Å². The van der Waals surface area contributed by atoms with E-state index in [-0.39, 0.29) is 0 Å². The van der Waals surface area contributed by atoms with Gasteiger partial charge in [0.1, 0.15) is 5.82 Å². The van der Waals surface area contributed by atoms with Crippen molar-refractivity contribution in [2.24, 2.45) is 0 Å². The van der Waals surface area contributed by atoms with E-state index in [1.54, 1.807) is 18.3 Å². The van der Waals surface area contributed by atoms with E-state index in [0.717, 1.165) is 17.1 Å². The molecule has 0 aliphatic rings. The summed E-state index contributed by atoms with van der Waals surface area (Å²) in [6, 6.07) is 15.4. The number of imidazole rings is 1. The molecule has 0 bridgehead atoms. The highest BCUT2D eigenvalue weighted by Crippen LogP contribution is 2.17. The van der Waals surface area contributed by atoms with E-state index in [1.165, 1.54) is 5.56 Å². The molecule has 5 nitrogen and oxygen atoms in total. The summed E-state index contributed by atoms with van der Waals surface area (Å²) in [6.07, 6.45) is 4.35. The van der Waals surface area contributed by atoms with Crippen molar-refractivity contribution in [1.82, 2.24) is 9.55 Å². The van der Waals surface area contributed by atoms with Crippen molar-refractivity contribution in [2.45, 2.75) is 13.0 Å². The smallest absolute Gasteiger partial charge is 0.336 e. The monoisotopic (exact) mass is 335 g/mol. The summed E-state index contributed by atoms with van der Waals surface area (Å²) in [7, 11) is 4.03. The number of carboxylic acid groups (broad SMARTS) is 1. The molecular formula is C20H21N3O2. The number of aromatic carboxylic acids is 1. The van der Waals surface area contributed by atoms with E-state index in [4.69, 9.17) is 0 Å². The molecule has 3 rings (SSSR count). The minimum atomic E-state index is -0.906. The van der Waals surface area contributed by atoms with Crippen LogP contribution < -0.4 is 4.90 Å². The van der Waals surface area contributed by atoms with Gasteiger partial charge in [0.05, 0.1) is 5.56 Å². The van der Waals surface area contributed by atoms with Gasteiger partial charge in [-0.15, -0.1) is 0 Å². The second kappa shape index (κ2) is 7.21. The van der Waals surface area contributed by atoms with Gasteiger partial charge >= 0.3 is 5.97 Å². The molecule has 0 radical (unpaired) electrons. The third kappa shape index (κ3) is 3.88. The molecule has 0 aliphatic carbocycles. The predicted molar refractivity (Wildman–Crippen MR) is 98.3 cm³/mol. The zero-order chi connectivity index (χ0) is 17.8. The summed E-state index contributed by atoms with van der Waals surface area (Å²) in [6.45, 7) is 0.494. The maximum Gasteiger partial charge on any atom is 0.336 e. The number of benzene rings is 2. The molecule has 1 heterocycles. The van der Waals surface area contributed by atoms with Gasteiger partial charge in [0.25, 0.3) is 0 Å². The quantitative estimate of drug-likeness (QED) is 0.751. The van der Waals surface area contributed by atoms with Crippen LogP contribution in [0.5, 0.6) is 0 Å². The van der Waals surface area contributed by atoms with E-state index in [0.29, 0.717) is 18.5 Å². The van der Waals surface area contributed by atoms with E-state index >= 15 is 0 Å². The van der Waals surface area contributed by atoms with Crippen molar-refractivity contribution in [3.8, 4) is 0 Å². The third-order valence-corrected chi connectivity index (χ3v) is 4.21. The maximum atomic E-state index is 11.4. The van der Waals surface area contributed by atoms with Crippen LogP contribution in [0.2, 0.25) is 0 Å². The summed E-state index contributed by atoms with van der Waals surface area (Å²) in [5, 5.41) is 9.34. The number of carboxylic acids is 1. The summed E-state index contributed by atoms with van der Waals surface area (Å²) in [5.74, 6) is 0.00864. The van der Waals surface area contributed by atoms with Crippen LogP contribution in [0.15, 0.2) is 60.9 Å². The molecule has 2 aromatic carbocycles. The lowest BCUT2D eigenvalue weighted by Gasteiger charge is -2.13. The Balaban J connectivity index is 1.80. The van der Waals surface area contributed by atoms with E-state index in [9.17, 15) is 9.90 Å². The standard InChI is InChI=1S/C20H21N3O2/c1-22(2)17-9-7-15(8-10-17)13-19-21-11-12-23(19)14-16-5-3-4-6-18(16)20(24)25/h3-12H,13-14H2,1-2H3,(H,24,25). The molecule has 0 saturated carbocycles. The zero-order valence-electron chi connectivity index (χ0n) is 14.4. The van der Waals surface area contributed by atoms with Crippen LogP contribution in [0.4, 0.5) is 5.69 Å². The summed E-state index contributed by atoms with van der Waals surface area (Å²) in [5.41, 5.74) is 3.43. The Bertz CT molecular complexity index is 867. The summed E-state index contributed by atoms with van der Waals surface area (Å²) < 4.78 is 2.00. The van der Waals surface area contributed by atoms with Gasteiger partial charge in [-0.1, -0.05) is 30.3 Å². The molecule has 0 amide bonds. The molecule has 0 saturated heterocycles. The number of rotatable bonds is 6. The van der Waals surface area contributed by atoms with Gasteiger partial charge in [-0.2, -0.15) is 0 Å². The molecule has 128 valence electrons. The number of hydrogen-bond donors (Lipinski definition) is 1. The molecule has 0 aliphatic heterocycles. The van der Waals surface area contributed by atoms with Crippen LogP contribution in [0.25, 0.3) is 0 Å². The lowest BCUT2D eigenvalue weighted by Crippen LogP contribution is -2.10. The Hall–Kier alpha value is -3.08. The van der Waals surface area contributed by atoms with Crippen molar-refractivity contribution in [3.63, 3.8) is 0 Å². The highest BCUT2D eigenvalue weighted by atomic mass is 16.4. The first-order valence-electron chi connectivity index (χ1n) is 8.12. The highest BCUT2D eigenvalue weighted by molar-refractivity contribution is 5.89. The molecule has 3 aromatic rings. The molecular weight excluding hydrogens is 314 g/mol. The second-order valence-electron chi connectivity index (χ2n) is 6.17. The molecule has 5 heteroatoms. The Morgan fingerprint density at radius 2 is 1.84 bits per heavy atom. The molecule has 0 atom stereocenters. The Labute approximate surface area is 147 Å². The molecule has 0 spiro atoms. The van der Waals surface area contributed by atoms with Crippen molar-refractivity contribution < 1.29 is 9.90 Å². The number of anilines is 1. The predicted octanol–water partition coefficient (Wildman–Crippen LogP) is 3.29. The van der Waals surface area contributed by atoms with Crippen molar-refractivity contribution >= 4 is 11.7 Å². The number of aromatic nitrogens is 2. The van der Waals surface area contributed by atoms with Gasteiger partial charge in [0.15, 0.2) is 0 Å². The van der Waals surface area contributed by atoms with Crippen LogP contribution in [0.1, 0.15) is 27.3 Å². The molecule has 1 aromatic heterocycles. The van der Waals surface area contributed by atoms with Gasteiger partial charge in [0.2, 0.25) is 0 Å². The first-order valence-corrected chi connectivity index (χ1v) is 8.12. The highest BCUT2D eigenvalue weighted by Gasteiger charge is 2.11. The first kappa shape index (κ1) is 16.8. The average Bonchev–Trinajstić information content (AvgIpc) is 3.02. The Kier molecular flexibility index (Phi) is 4.84. The lowest BCUT2D eigenvalue weighted by molar-refractivity contribution is 0.0695. The van der Waals surface area contributed by atoms with Crippen LogP contribution in [0.3, 0.4) is 0 Å². The Morgan fingerprint density at radius 3 is 2.52 bits per heavy atom. The zero-order valence-corrected chi connectivity index (χ0v) is 14.4. The topological polar surface area (TPSA) is 58.4 Å². The fraction of sp³-hybridized carbons (Fsp3) is 0.200. The minimum Gasteiger partial charge on any atom is -0.478 e. The minimum absolute atomic E-state index is 0.331. The van der Waals surface area contributed by atoms with E-state index in [2.05, 4.69) is 34.1 Å². The van der Waals surface area contributed by atoms with Gasteiger partial charge in [-0.25, -0.2) is 9.78 Å². The SMILES string of the molecule is CN(C)c1ccc(Cc2nccn2Cc2ccccc2C(=O)O)cc1. The van der Waals surface area contributed by atoms with Crippen LogP contribution in [-0.2, 0) is 13.0 Å². The first-order chi connectivity index (χ1) is 12.0. The van der Waals surface area contributed by atoms with Crippen molar-refractivity contribution in [2.75, 3.05) is 19.0 Å². The van der Waals surface area contributed by atoms with Crippen molar-refractivity contribution in [3.05, 3.63) is 83.4 Å². The molecule has 0 unspecified atom stereocenters. The molecule has 25 heavy (non-hydrogen) atoms. The van der Waals surface area contributed by atoms with Gasteiger partial charge < -0.3 is 14.6 Å². The van der Waals surface area contributed by atoms with E-state index in [1.807, 2.05) is 37.0 Å². The van der Waals surface area contributed by atoms with Crippen LogP contribution in [0, 0.1) is 0 Å². The fourth-order valence-corrected chi connectivity index (χ4v) is 2.80. The normalized spacial score (nSPS) is 10.6. The average molecular weight is 335 g/mol. The lowest BCUT2D eigenvalue weighted by atomic mass is 10.1. The largest absolute Gasteiger partial charge is 0.478 e. The fourth-order valence-electron chi connectivity index (χ4n) is 2.80. The molecule has 0 fully saturated rings. The van der Waals surface area contributed by atoms with Gasteiger partial charge in [-0.3, -0.25) is 0 Å². The summed E-state index contributed by atoms with van der Waals surface area (Å²) in [4.78, 5) is 17.9. The van der Waals surface area contributed by atoms with Crippen LogP contribution >= 0.6 is 0 Å². The van der Waals surface area contributed by atoms with Gasteiger partial charge in [-0.05, 0) is 29.3 Å². The second-order valence-corrected chi connectivity index (χ2v) is 6.17. The number of nitrogens with zero attached hydrogens (tertiary/aromatic N) is 3. The number of hydrogen-bond acceptors (Lipinski definition) is 3. The van der Waals surface area contributed by atoms with Crippen LogP contribution in [-0.4, -0.2) is 34.7 Å². The van der Waals surface area contributed by atoms with Gasteiger partial charge in [0, 0.05) is 45.1 Å². The summed E-state index contributed by atoms with van der Waals surface area (Å²) >= 11 is 0. The number of carbonyl (C=O) groups is 1. The van der Waals surface area contributed by atoms with E-state index < -0.39 is 5.97 Å². The maximum absolute atomic E-state index is 11.4.